The van der Waals surface area contributed by atoms with E-state index in [0.29, 0.717) is 36.8 Å². The standard InChI is InChI=1S/C31H35N3O5S/c1-31(2,3)39-30(36)34-16-7-9-24(19-34)38-23-13-11-22(12-14-23)37-20-21-8-5-6-10-25(21)32-29(35)27-18-28-26(33(27)4)15-17-40-28/h5-6,8,10-15,17-18,24H,7,9,16,19-20H2,1-4H3,(H,32,35). The highest BCUT2D eigenvalue weighted by Gasteiger charge is 2.28. The van der Waals surface area contributed by atoms with Gasteiger partial charge in [-0.05, 0) is 81.5 Å². The number of ether oxygens (including phenoxy) is 3. The number of hydrogen-bond acceptors (Lipinski definition) is 6. The Morgan fingerprint density at radius 1 is 1.05 bits per heavy atom. The van der Waals surface area contributed by atoms with Gasteiger partial charge in [0.25, 0.3) is 5.91 Å². The van der Waals surface area contributed by atoms with Gasteiger partial charge < -0.3 is 29.0 Å². The van der Waals surface area contributed by atoms with Crippen molar-refractivity contribution in [2.24, 2.45) is 7.05 Å². The molecule has 1 aliphatic rings. The van der Waals surface area contributed by atoms with Crippen LogP contribution in [0.1, 0.15) is 49.7 Å². The van der Waals surface area contributed by atoms with Crippen LogP contribution in [0.3, 0.4) is 0 Å². The van der Waals surface area contributed by atoms with E-state index in [9.17, 15) is 9.59 Å². The molecule has 1 N–H and O–H groups in total. The molecule has 1 saturated heterocycles. The Morgan fingerprint density at radius 2 is 1.80 bits per heavy atom. The number of aromatic nitrogens is 1. The SMILES string of the molecule is Cn1c(C(=O)Nc2ccccc2COc2ccc(OC3CCCN(C(=O)OC(C)(C)C)C3)cc2)cc2sccc21. The Balaban J connectivity index is 1.16. The van der Waals surface area contributed by atoms with E-state index in [4.69, 9.17) is 14.2 Å². The molecule has 4 aromatic rings. The second kappa shape index (κ2) is 11.6. The maximum absolute atomic E-state index is 13.0. The summed E-state index contributed by atoms with van der Waals surface area (Å²) in [5, 5.41) is 5.06. The van der Waals surface area contributed by atoms with Crippen LogP contribution >= 0.6 is 11.3 Å². The van der Waals surface area contributed by atoms with Crippen LogP contribution in [0.15, 0.2) is 66.0 Å². The second-order valence-electron chi connectivity index (χ2n) is 10.9. The van der Waals surface area contributed by atoms with E-state index >= 15 is 0 Å². The zero-order chi connectivity index (χ0) is 28.3. The predicted octanol–water partition coefficient (Wildman–Crippen LogP) is 6.85. The molecule has 2 aromatic carbocycles. The first kappa shape index (κ1) is 27.6. The molecule has 1 unspecified atom stereocenters. The Labute approximate surface area is 238 Å². The van der Waals surface area contributed by atoms with E-state index in [-0.39, 0.29) is 18.1 Å². The summed E-state index contributed by atoms with van der Waals surface area (Å²) < 4.78 is 20.7. The average molecular weight is 562 g/mol. The zero-order valence-electron chi connectivity index (χ0n) is 23.3. The molecule has 9 heteroatoms. The fourth-order valence-corrected chi connectivity index (χ4v) is 5.57. The van der Waals surface area contributed by atoms with Gasteiger partial charge in [0, 0.05) is 24.8 Å². The summed E-state index contributed by atoms with van der Waals surface area (Å²) >= 11 is 1.62. The Hall–Kier alpha value is -3.98. The number of aryl methyl sites for hydroxylation is 1. The number of likely N-dealkylation sites (tertiary alicyclic amines) is 1. The van der Waals surface area contributed by atoms with E-state index in [1.54, 1.807) is 16.2 Å². The number of hydrogen-bond donors (Lipinski definition) is 1. The van der Waals surface area contributed by atoms with Gasteiger partial charge in [0.05, 0.1) is 16.8 Å². The van der Waals surface area contributed by atoms with E-state index in [1.165, 1.54) is 0 Å². The molecule has 0 radical (unpaired) electrons. The quantitative estimate of drug-likeness (QED) is 0.267. The Morgan fingerprint density at radius 3 is 2.55 bits per heavy atom. The number of para-hydroxylation sites is 1. The highest BCUT2D eigenvalue weighted by atomic mass is 32.1. The molecule has 40 heavy (non-hydrogen) atoms. The summed E-state index contributed by atoms with van der Waals surface area (Å²) in [5.74, 6) is 1.25. The Bertz CT molecular complexity index is 1480. The number of nitrogens with zero attached hydrogens (tertiary/aromatic N) is 2. The third-order valence-corrected chi connectivity index (χ3v) is 7.57. The van der Waals surface area contributed by atoms with Crippen molar-refractivity contribution in [3.05, 3.63) is 77.3 Å². The molecule has 2 aromatic heterocycles. The number of piperidine rings is 1. The van der Waals surface area contributed by atoms with Gasteiger partial charge >= 0.3 is 6.09 Å². The molecular formula is C31H35N3O5S. The van der Waals surface area contributed by atoms with Crippen molar-refractivity contribution < 1.29 is 23.8 Å². The van der Waals surface area contributed by atoms with Crippen molar-refractivity contribution in [2.75, 3.05) is 18.4 Å². The van der Waals surface area contributed by atoms with Crippen LogP contribution in [0.5, 0.6) is 11.5 Å². The first-order valence-corrected chi connectivity index (χ1v) is 14.3. The maximum Gasteiger partial charge on any atom is 0.410 e. The zero-order valence-corrected chi connectivity index (χ0v) is 24.1. The lowest BCUT2D eigenvalue weighted by Gasteiger charge is -2.34. The van der Waals surface area contributed by atoms with E-state index in [2.05, 4.69) is 5.32 Å². The molecular weight excluding hydrogens is 526 g/mol. The fraction of sp³-hybridized carbons (Fsp3) is 0.355. The van der Waals surface area contributed by atoms with E-state index in [0.717, 1.165) is 34.4 Å². The number of anilines is 1. The molecule has 2 amide bonds. The molecule has 1 fully saturated rings. The van der Waals surface area contributed by atoms with Gasteiger partial charge in [-0.1, -0.05) is 18.2 Å². The van der Waals surface area contributed by atoms with Crippen molar-refractivity contribution in [2.45, 2.75) is 51.9 Å². The largest absolute Gasteiger partial charge is 0.489 e. The summed E-state index contributed by atoms with van der Waals surface area (Å²) in [6, 6.07) is 19.0. The Kier molecular flexibility index (Phi) is 8.02. The third kappa shape index (κ3) is 6.59. The molecule has 3 heterocycles. The van der Waals surface area contributed by atoms with Gasteiger partial charge in [-0.25, -0.2) is 4.79 Å². The lowest BCUT2D eigenvalue weighted by Crippen LogP contribution is -2.46. The normalized spacial score (nSPS) is 15.6. The van der Waals surface area contributed by atoms with Gasteiger partial charge in [-0.3, -0.25) is 4.79 Å². The van der Waals surface area contributed by atoms with Crippen molar-refractivity contribution in [3.63, 3.8) is 0 Å². The highest BCUT2D eigenvalue weighted by molar-refractivity contribution is 7.17. The minimum Gasteiger partial charge on any atom is -0.489 e. The number of fused-ring (bicyclic) bond motifs is 1. The minimum atomic E-state index is -0.522. The number of benzene rings is 2. The molecule has 210 valence electrons. The molecule has 1 atom stereocenters. The van der Waals surface area contributed by atoms with Crippen LogP contribution in [-0.2, 0) is 18.4 Å². The summed E-state index contributed by atoms with van der Waals surface area (Å²) in [6.45, 7) is 7.07. The molecule has 0 bridgehead atoms. The second-order valence-corrected chi connectivity index (χ2v) is 11.9. The number of thiophene rings is 1. The van der Waals surface area contributed by atoms with Gasteiger partial charge in [0.15, 0.2) is 0 Å². The van der Waals surface area contributed by atoms with Crippen LogP contribution < -0.4 is 14.8 Å². The minimum absolute atomic E-state index is 0.0939. The molecule has 1 aliphatic heterocycles. The number of carbonyl (C=O) groups excluding carboxylic acids is 2. The third-order valence-electron chi connectivity index (χ3n) is 6.71. The van der Waals surface area contributed by atoms with Crippen LogP contribution in [-0.4, -0.2) is 46.3 Å². The first-order valence-electron chi connectivity index (χ1n) is 13.5. The van der Waals surface area contributed by atoms with E-state index < -0.39 is 5.60 Å². The molecule has 0 spiro atoms. The fourth-order valence-electron chi connectivity index (χ4n) is 4.72. The van der Waals surface area contributed by atoms with Gasteiger partial charge in [0.1, 0.15) is 35.5 Å². The molecule has 5 rings (SSSR count). The average Bonchev–Trinajstić information content (AvgIpc) is 3.51. The summed E-state index contributed by atoms with van der Waals surface area (Å²) in [6.07, 6.45) is 1.35. The lowest BCUT2D eigenvalue weighted by atomic mass is 10.1. The van der Waals surface area contributed by atoms with Crippen LogP contribution in [0.4, 0.5) is 10.5 Å². The summed E-state index contributed by atoms with van der Waals surface area (Å²) in [5.41, 5.74) is 2.72. The molecule has 8 nitrogen and oxygen atoms in total. The van der Waals surface area contributed by atoms with Crippen molar-refractivity contribution >= 4 is 39.2 Å². The van der Waals surface area contributed by atoms with Gasteiger partial charge in [-0.2, -0.15) is 0 Å². The number of carbonyl (C=O) groups is 2. The van der Waals surface area contributed by atoms with Crippen molar-refractivity contribution in [1.82, 2.24) is 9.47 Å². The highest BCUT2D eigenvalue weighted by Crippen LogP contribution is 2.27. The number of rotatable bonds is 7. The molecule has 0 saturated carbocycles. The summed E-state index contributed by atoms with van der Waals surface area (Å²) in [4.78, 5) is 27.2. The van der Waals surface area contributed by atoms with Crippen molar-refractivity contribution in [1.29, 1.82) is 0 Å². The smallest absolute Gasteiger partial charge is 0.410 e. The lowest BCUT2D eigenvalue weighted by molar-refractivity contribution is 0.00775. The maximum atomic E-state index is 13.0. The topological polar surface area (TPSA) is 82.0 Å². The van der Waals surface area contributed by atoms with E-state index in [1.807, 2.05) is 98.4 Å². The van der Waals surface area contributed by atoms with Crippen LogP contribution in [0, 0.1) is 0 Å². The number of amides is 2. The number of nitrogens with one attached hydrogen (secondary N) is 1. The first-order chi connectivity index (χ1) is 19.2. The monoisotopic (exact) mass is 561 g/mol. The van der Waals surface area contributed by atoms with Crippen LogP contribution in [0.25, 0.3) is 10.2 Å². The summed E-state index contributed by atoms with van der Waals surface area (Å²) in [7, 11) is 1.90. The van der Waals surface area contributed by atoms with Gasteiger partial charge in [0.2, 0.25) is 0 Å². The van der Waals surface area contributed by atoms with Crippen molar-refractivity contribution in [3.8, 4) is 11.5 Å². The van der Waals surface area contributed by atoms with Gasteiger partial charge in [-0.15, -0.1) is 11.3 Å². The van der Waals surface area contributed by atoms with Crippen LogP contribution in [0.2, 0.25) is 0 Å². The molecule has 0 aliphatic carbocycles. The predicted molar refractivity (Wildman–Crippen MR) is 157 cm³/mol.